The van der Waals surface area contributed by atoms with Crippen molar-refractivity contribution in [2.24, 2.45) is 17.8 Å². The molecule has 20 nitrogen and oxygen atoms in total. The van der Waals surface area contributed by atoms with E-state index >= 15 is 0 Å². The predicted molar refractivity (Wildman–Crippen MR) is 271 cm³/mol. The summed E-state index contributed by atoms with van der Waals surface area (Å²) in [5.74, 6) is -7.25. The summed E-state index contributed by atoms with van der Waals surface area (Å²) in [7, 11) is 5.59. The van der Waals surface area contributed by atoms with Crippen LogP contribution in [0.25, 0.3) is 0 Å². The zero-order valence-corrected chi connectivity index (χ0v) is 45.3. The van der Waals surface area contributed by atoms with Crippen LogP contribution >= 0.6 is 0 Å². The molecule has 1 aromatic rings. The molecule has 0 saturated carbocycles. The smallest absolute Gasteiger partial charge is 0.248 e. The second-order valence-electron chi connectivity index (χ2n) is 21.7. The molecule has 0 spiro atoms. The molecular weight excluding hydrogens is 927 g/mol. The number of aliphatic hydroxyl groups excluding tert-OH is 1. The van der Waals surface area contributed by atoms with Crippen LogP contribution in [0.15, 0.2) is 30.3 Å². The van der Waals surface area contributed by atoms with E-state index in [2.05, 4.69) is 21.3 Å². The van der Waals surface area contributed by atoms with Crippen molar-refractivity contribution in [1.82, 2.24) is 45.8 Å². The van der Waals surface area contributed by atoms with E-state index < -0.39 is 126 Å². The van der Waals surface area contributed by atoms with Crippen molar-refractivity contribution in [1.29, 1.82) is 0 Å². The molecule has 0 radical (unpaired) electrons. The van der Waals surface area contributed by atoms with Crippen molar-refractivity contribution in [2.75, 3.05) is 54.4 Å². The molecule has 1 aromatic carbocycles. The number of carbonyl (C=O) groups is 9. The molecule has 2 aliphatic heterocycles. The summed E-state index contributed by atoms with van der Waals surface area (Å²) in [5.41, 5.74) is -0.111. The van der Waals surface area contributed by atoms with Gasteiger partial charge in [-0.05, 0) is 83.1 Å². The van der Waals surface area contributed by atoms with Gasteiger partial charge in [0, 0.05) is 47.7 Å². The lowest BCUT2D eigenvalue weighted by molar-refractivity contribution is -0.151. The number of benzene rings is 1. The highest BCUT2D eigenvalue weighted by molar-refractivity contribution is 5.99. The topological polar surface area (TPSA) is 247 Å². The second kappa shape index (κ2) is 27.4. The number of nitrogens with zero attached hydrogens (tertiary/aromatic N) is 5. The average molecular weight is 1010 g/mol. The number of piperidine rings is 1. The summed E-state index contributed by atoms with van der Waals surface area (Å²) < 4.78 is 6.05. The maximum atomic E-state index is 14.8. The van der Waals surface area contributed by atoms with Gasteiger partial charge in [-0.3, -0.25) is 43.2 Å². The van der Waals surface area contributed by atoms with Crippen LogP contribution in [0.2, 0.25) is 0 Å². The number of hydrogen-bond acceptors (Lipinski definition) is 11. The number of rotatable bonds is 11. The van der Waals surface area contributed by atoms with E-state index in [1.54, 1.807) is 69.9 Å². The molecule has 0 bridgehead atoms. The number of hydrogen-bond donors (Lipinski definition) is 5. The van der Waals surface area contributed by atoms with Crippen molar-refractivity contribution in [3.8, 4) is 0 Å². The number of amides is 9. The molecular formula is C52H85N9O11. The Hall–Kier alpha value is -5.63. The zero-order chi connectivity index (χ0) is 54.4. The molecule has 9 amide bonds. The van der Waals surface area contributed by atoms with Gasteiger partial charge in [-0.1, -0.05) is 71.9 Å². The van der Waals surface area contributed by atoms with Gasteiger partial charge in [-0.2, -0.15) is 0 Å². The quantitative estimate of drug-likeness (QED) is 0.213. The number of carbonyl (C=O) groups excluding carboxylic acids is 9. The lowest BCUT2D eigenvalue weighted by atomic mass is 9.97. The van der Waals surface area contributed by atoms with Crippen LogP contribution in [0.4, 0.5) is 0 Å². The Morgan fingerprint density at radius 1 is 0.653 bits per heavy atom. The van der Waals surface area contributed by atoms with Crippen LogP contribution in [0.5, 0.6) is 0 Å². The molecule has 5 N–H and O–H groups in total. The third-order valence-corrected chi connectivity index (χ3v) is 13.0. The minimum absolute atomic E-state index is 0.0129. The number of likely N-dealkylation sites (tertiary alicyclic amines) is 1. The summed E-state index contributed by atoms with van der Waals surface area (Å²) in [5, 5.41) is 21.8. The van der Waals surface area contributed by atoms with Gasteiger partial charge in [-0.15, -0.1) is 0 Å². The molecule has 404 valence electrons. The standard InChI is InChI=1S/C52H85N9O11/c1-31(2)25-38-46(66)54-37(30-72-52(8,9)10)45(65)53-36(47(67)61-23-19-16-20-24-61)28-41(63)55-43(33(5)6)50(70)60(14)40(27-35-21-17-15-18-22-35)48(68)57(11)29-42(64)56-44(34(7)62)51(71)59(13)39(26-32(3)4)49(69)58(38)12/h15,17-18,21-22,31-34,36-40,43-44,62H,16,19-20,23-30H2,1-14H3,(H,53,65)(H,54,66)(H,55,63)(H,56,64)/t34-,36+,37+,38+,39+,40+,43+,44+/m1/s1. The normalized spacial score (nSPS) is 25.5. The molecule has 2 fully saturated rings. The third kappa shape index (κ3) is 17.8. The van der Waals surface area contributed by atoms with E-state index in [1.807, 2.05) is 27.7 Å². The van der Waals surface area contributed by atoms with Crippen LogP contribution < -0.4 is 21.3 Å². The Morgan fingerprint density at radius 3 is 1.72 bits per heavy atom. The predicted octanol–water partition coefficient (Wildman–Crippen LogP) is 1.47. The molecule has 2 saturated heterocycles. The lowest BCUT2D eigenvalue weighted by Crippen LogP contribution is -2.62. The van der Waals surface area contributed by atoms with Crippen LogP contribution in [-0.2, 0) is 54.3 Å². The van der Waals surface area contributed by atoms with Crippen molar-refractivity contribution < 1.29 is 53.0 Å². The summed E-state index contributed by atoms with van der Waals surface area (Å²) in [6, 6.07) is -0.374. The second-order valence-corrected chi connectivity index (χ2v) is 21.7. The average Bonchev–Trinajstić information content (AvgIpc) is 3.31. The largest absolute Gasteiger partial charge is 0.391 e. The Labute approximate surface area is 427 Å². The first-order valence-electron chi connectivity index (χ1n) is 25.4. The molecule has 8 atom stereocenters. The molecule has 0 aromatic heterocycles. The zero-order valence-electron chi connectivity index (χ0n) is 45.3. The van der Waals surface area contributed by atoms with E-state index in [-0.39, 0.29) is 37.7 Å². The van der Waals surface area contributed by atoms with Gasteiger partial charge < -0.3 is 55.6 Å². The Balaban J connectivity index is 2.27. The van der Waals surface area contributed by atoms with Gasteiger partial charge in [0.15, 0.2) is 0 Å². The van der Waals surface area contributed by atoms with E-state index in [9.17, 15) is 48.3 Å². The highest BCUT2D eigenvalue weighted by atomic mass is 16.5. The van der Waals surface area contributed by atoms with Gasteiger partial charge in [0.05, 0.1) is 31.3 Å². The third-order valence-electron chi connectivity index (χ3n) is 13.0. The molecule has 2 heterocycles. The van der Waals surface area contributed by atoms with Gasteiger partial charge in [0.2, 0.25) is 53.2 Å². The van der Waals surface area contributed by atoms with Crippen LogP contribution in [0.3, 0.4) is 0 Å². The number of likely N-dealkylation sites (N-methyl/N-ethyl adjacent to an activating group) is 4. The van der Waals surface area contributed by atoms with Crippen molar-refractivity contribution in [2.45, 2.75) is 168 Å². The molecule has 2 aliphatic rings. The first kappa shape index (κ1) is 60.7. The van der Waals surface area contributed by atoms with Gasteiger partial charge in [0.1, 0.15) is 42.3 Å². The number of aliphatic hydroxyl groups is 1. The minimum Gasteiger partial charge on any atom is -0.391 e. The summed E-state index contributed by atoms with van der Waals surface area (Å²) in [6.45, 7) is 17.2. The fraction of sp³-hybridized carbons (Fsp3) is 0.712. The molecule has 0 unspecified atom stereocenters. The van der Waals surface area contributed by atoms with E-state index in [0.717, 1.165) is 16.2 Å². The number of ether oxygens (including phenoxy) is 1. The van der Waals surface area contributed by atoms with Gasteiger partial charge >= 0.3 is 0 Å². The molecule has 3 rings (SSSR count). The minimum atomic E-state index is -1.57. The Morgan fingerprint density at radius 2 is 1.18 bits per heavy atom. The Bertz CT molecular complexity index is 2040. The fourth-order valence-electron chi connectivity index (χ4n) is 8.80. The summed E-state index contributed by atoms with van der Waals surface area (Å²) >= 11 is 0. The van der Waals surface area contributed by atoms with Gasteiger partial charge in [-0.25, -0.2) is 0 Å². The van der Waals surface area contributed by atoms with Crippen LogP contribution in [0, 0.1) is 17.8 Å². The summed E-state index contributed by atoms with van der Waals surface area (Å²) in [4.78, 5) is 136. The molecule has 72 heavy (non-hydrogen) atoms. The summed E-state index contributed by atoms with van der Waals surface area (Å²) in [6.07, 6.45) is 0.520. The first-order valence-corrected chi connectivity index (χ1v) is 25.4. The van der Waals surface area contributed by atoms with Crippen molar-refractivity contribution in [3.05, 3.63) is 35.9 Å². The van der Waals surface area contributed by atoms with E-state index in [0.29, 0.717) is 31.5 Å². The van der Waals surface area contributed by atoms with Gasteiger partial charge in [0.25, 0.3) is 0 Å². The highest BCUT2D eigenvalue weighted by Gasteiger charge is 2.42. The molecule has 0 aliphatic carbocycles. The SMILES string of the molecule is CC(C)C[C@H]1C(=O)N(C)[C@@H](CC(C)C)C(=O)N[C@@H](COC(C)(C)C)C(=O)N[C@H](C(=O)N2CCCCC2)CC(=O)N[C@@H](C(C)C)C(=O)N(C)[C@@H](Cc2ccccc2)C(=O)N(C)CC(=O)N[C@@H]([C@@H](C)O)C(=O)N1C. The number of nitrogens with one attached hydrogen (secondary N) is 4. The Kier molecular flexibility index (Phi) is 23.1. The van der Waals surface area contributed by atoms with Crippen molar-refractivity contribution >= 4 is 53.2 Å². The van der Waals surface area contributed by atoms with E-state index in [1.165, 1.54) is 44.9 Å². The fourth-order valence-corrected chi connectivity index (χ4v) is 8.80. The highest BCUT2D eigenvalue weighted by Crippen LogP contribution is 2.21. The maximum absolute atomic E-state index is 14.8. The van der Waals surface area contributed by atoms with Crippen molar-refractivity contribution in [3.63, 3.8) is 0 Å². The maximum Gasteiger partial charge on any atom is 0.248 e. The first-order chi connectivity index (χ1) is 33.5. The molecule has 20 heteroatoms. The van der Waals surface area contributed by atoms with Crippen LogP contribution in [-0.4, -0.2) is 191 Å². The monoisotopic (exact) mass is 1010 g/mol. The van der Waals surface area contributed by atoms with E-state index in [4.69, 9.17) is 4.74 Å². The lowest BCUT2D eigenvalue weighted by Gasteiger charge is -2.37. The van der Waals surface area contributed by atoms with Crippen LogP contribution in [0.1, 0.15) is 113 Å².